The number of hydrogen-bond acceptors (Lipinski definition) is 4. The van der Waals surface area contributed by atoms with Crippen LogP contribution in [0, 0.1) is 0 Å². The van der Waals surface area contributed by atoms with Crippen molar-refractivity contribution in [2.45, 2.75) is 83.0 Å². The second kappa shape index (κ2) is 6.53. The predicted molar refractivity (Wildman–Crippen MR) is 78.8 cm³/mol. The van der Waals surface area contributed by atoms with Gasteiger partial charge in [-0.05, 0) is 46.0 Å². The number of nitrogens with one attached hydrogen (secondary N) is 1. The first-order valence-corrected chi connectivity index (χ1v) is 7.98. The zero-order chi connectivity index (χ0) is 13.9. The fraction of sp³-hybridized carbons (Fsp3) is 1.00. The highest BCUT2D eigenvalue weighted by Crippen LogP contribution is 2.29. The highest BCUT2D eigenvalue weighted by Gasteiger charge is 2.39. The van der Waals surface area contributed by atoms with Crippen LogP contribution in [0.3, 0.4) is 0 Å². The first-order valence-electron chi connectivity index (χ1n) is 7.98. The normalized spacial score (nSPS) is 41.4. The molecule has 0 aliphatic carbocycles. The zero-order valence-corrected chi connectivity index (χ0v) is 12.8. The quantitative estimate of drug-likeness (QED) is 0.820. The van der Waals surface area contributed by atoms with Crippen LogP contribution >= 0.6 is 0 Å². The Morgan fingerprint density at radius 3 is 2.58 bits per heavy atom. The molecule has 0 aromatic heterocycles. The molecule has 2 heterocycles. The molecule has 0 spiro atoms. The number of nitrogens with zero attached hydrogens (tertiary/aromatic N) is 1. The van der Waals surface area contributed by atoms with E-state index in [4.69, 9.17) is 10.5 Å². The van der Waals surface area contributed by atoms with Crippen LogP contribution in [0.5, 0.6) is 0 Å². The van der Waals surface area contributed by atoms with E-state index in [1.807, 2.05) is 0 Å². The molecule has 4 atom stereocenters. The van der Waals surface area contributed by atoms with Gasteiger partial charge in [0.25, 0.3) is 0 Å². The smallest absolute Gasteiger partial charge is 0.0591 e. The van der Waals surface area contributed by atoms with Crippen molar-refractivity contribution in [2.75, 3.05) is 13.2 Å². The third kappa shape index (κ3) is 3.48. The van der Waals surface area contributed by atoms with Gasteiger partial charge in [0.05, 0.1) is 6.10 Å². The highest BCUT2D eigenvalue weighted by atomic mass is 16.5. The summed E-state index contributed by atoms with van der Waals surface area (Å²) in [6.07, 6.45) is 7.41. The standard InChI is InChI=1S/C15H31N3O/c1-4-14-10-15(11-16,8-9-19-14)17-18-12(2)6-5-7-13(18)3/h12-14,17H,4-11,16H2,1-3H3. The van der Waals surface area contributed by atoms with Crippen LogP contribution in [-0.2, 0) is 4.74 Å². The van der Waals surface area contributed by atoms with E-state index in [0.717, 1.165) is 25.9 Å². The average Bonchev–Trinajstić information content (AvgIpc) is 2.43. The molecule has 4 heteroatoms. The maximum atomic E-state index is 6.12. The second-order valence-corrected chi connectivity index (χ2v) is 6.49. The van der Waals surface area contributed by atoms with Gasteiger partial charge < -0.3 is 10.5 Å². The van der Waals surface area contributed by atoms with E-state index in [2.05, 4.69) is 31.2 Å². The van der Waals surface area contributed by atoms with E-state index >= 15 is 0 Å². The molecular formula is C15H31N3O. The summed E-state index contributed by atoms with van der Waals surface area (Å²) in [6, 6.07) is 1.21. The minimum atomic E-state index is 0.0405. The monoisotopic (exact) mass is 269 g/mol. The Bertz CT molecular complexity index is 277. The Morgan fingerprint density at radius 1 is 1.32 bits per heavy atom. The number of rotatable bonds is 4. The van der Waals surface area contributed by atoms with Crippen molar-refractivity contribution in [3.63, 3.8) is 0 Å². The Morgan fingerprint density at radius 2 is 2.00 bits per heavy atom. The van der Waals surface area contributed by atoms with Crippen molar-refractivity contribution in [1.82, 2.24) is 10.4 Å². The van der Waals surface area contributed by atoms with E-state index in [1.165, 1.54) is 19.3 Å². The summed E-state index contributed by atoms with van der Waals surface area (Å²) >= 11 is 0. The Balaban J connectivity index is 2.04. The van der Waals surface area contributed by atoms with E-state index < -0.39 is 0 Å². The van der Waals surface area contributed by atoms with Gasteiger partial charge in [-0.1, -0.05) is 13.3 Å². The summed E-state index contributed by atoms with van der Waals surface area (Å²) in [5, 5.41) is 2.47. The van der Waals surface area contributed by atoms with Crippen molar-refractivity contribution in [3.05, 3.63) is 0 Å². The summed E-state index contributed by atoms with van der Waals surface area (Å²) in [6.45, 7) is 8.37. The summed E-state index contributed by atoms with van der Waals surface area (Å²) in [4.78, 5) is 0. The molecule has 19 heavy (non-hydrogen) atoms. The van der Waals surface area contributed by atoms with E-state index in [0.29, 0.717) is 24.7 Å². The number of nitrogens with two attached hydrogens (primary N) is 1. The van der Waals surface area contributed by atoms with Crippen molar-refractivity contribution < 1.29 is 4.74 Å². The van der Waals surface area contributed by atoms with Gasteiger partial charge in [0.15, 0.2) is 0 Å². The lowest BCUT2D eigenvalue weighted by Crippen LogP contribution is -2.66. The van der Waals surface area contributed by atoms with Crippen LogP contribution in [0.25, 0.3) is 0 Å². The topological polar surface area (TPSA) is 50.5 Å². The summed E-state index contributed by atoms with van der Waals surface area (Å²) in [5.41, 5.74) is 9.97. The van der Waals surface area contributed by atoms with Gasteiger partial charge in [-0.15, -0.1) is 0 Å². The molecule has 0 amide bonds. The zero-order valence-electron chi connectivity index (χ0n) is 12.8. The number of hydrogen-bond donors (Lipinski definition) is 2. The van der Waals surface area contributed by atoms with Crippen LogP contribution in [0.4, 0.5) is 0 Å². The minimum absolute atomic E-state index is 0.0405. The molecule has 0 radical (unpaired) electrons. The molecule has 3 N–H and O–H groups in total. The number of piperidine rings is 1. The molecule has 2 rings (SSSR count). The van der Waals surface area contributed by atoms with Crippen molar-refractivity contribution in [2.24, 2.45) is 5.73 Å². The van der Waals surface area contributed by atoms with Crippen LogP contribution in [0.2, 0.25) is 0 Å². The maximum absolute atomic E-state index is 6.12. The third-order valence-corrected chi connectivity index (χ3v) is 4.96. The summed E-state index contributed by atoms with van der Waals surface area (Å²) in [5.74, 6) is 0. The lowest BCUT2D eigenvalue weighted by atomic mass is 9.86. The van der Waals surface area contributed by atoms with Gasteiger partial charge >= 0.3 is 0 Å². The maximum Gasteiger partial charge on any atom is 0.0591 e. The largest absolute Gasteiger partial charge is 0.378 e. The SMILES string of the molecule is CCC1CC(CN)(NN2C(C)CCCC2C)CCO1. The summed E-state index contributed by atoms with van der Waals surface area (Å²) < 4.78 is 5.81. The molecule has 0 bridgehead atoms. The van der Waals surface area contributed by atoms with E-state index in [-0.39, 0.29) is 5.54 Å². The predicted octanol–water partition coefficient (Wildman–Crippen LogP) is 2.04. The van der Waals surface area contributed by atoms with Crippen LogP contribution in [0.15, 0.2) is 0 Å². The van der Waals surface area contributed by atoms with Gasteiger partial charge in [-0.2, -0.15) is 0 Å². The molecule has 0 aromatic carbocycles. The lowest BCUT2D eigenvalue weighted by Gasteiger charge is -2.49. The Hall–Kier alpha value is -0.160. The highest BCUT2D eigenvalue weighted by molar-refractivity contribution is 4.95. The lowest BCUT2D eigenvalue weighted by molar-refractivity contribution is -0.0736. The van der Waals surface area contributed by atoms with Gasteiger partial charge in [0.2, 0.25) is 0 Å². The second-order valence-electron chi connectivity index (χ2n) is 6.49. The fourth-order valence-corrected chi connectivity index (χ4v) is 3.53. The van der Waals surface area contributed by atoms with Crippen LogP contribution < -0.4 is 11.2 Å². The molecule has 4 unspecified atom stereocenters. The molecular weight excluding hydrogens is 238 g/mol. The van der Waals surface area contributed by atoms with Crippen LogP contribution in [0.1, 0.15) is 59.3 Å². The minimum Gasteiger partial charge on any atom is -0.378 e. The molecule has 2 aliphatic heterocycles. The fourth-order valence-electron chi connectivity index (χ4n) is 3.53. The van der Waals surface area contributed by atoms with Crippen molar-refractivity contribution >= 4 is 0 Å². The summed E-state index contributed by atoms with van der Waals surface area (Å²) in [7, 11) is 0. The first-order chi connectivity index (χ1) is 9.10. The number of hydrazine groups is 1. The van der Waals surface area contributed by atoms with E-state index in [1.54, 1.807) is 0 Å². The van der Waals surface area contributed by atoms with Gasteiger partial charge in [-0.3, -0.25) is 0 Å². The first kappa shape index (κ1) is 15.2. The molecule has 112 valence electrons. The molecule has 0 saturated carbocycles. The molecule has 4 nitrogen and oxygen atoms in total. The van der Waals surface area contributed by atoms with Gasteiger partial charge in [-0.25, -0.2) is 10.4 Å². The van der Waals surface area contributed by atoms with Crippen molar-refractivity contribution in [1.29, 1.82) is 0 Å². The van der Waals surface area contributed by atoms with Crippen molar-refractivity contribution in [3.8, 4) is 0 Å². The van der Waals surface area contributed by atoms with Gasteiger partial charge in [0, 0.05) is 30.8 Å². The van der Waals surface area contributed by atoms with Crippen LogP contribution in [-0.4, -0.2) is 41.9 Å². The molecule has 2 saturated heterocycles. The third-order valence-electron chi connectivity index (χ3n) is 4.96. The Kier molecular flexibility index (Phi) is 5.23. The number of ether oxygens (including phenoxy) is 1. The average molecular weight is 269 g/mol. The molecule has 2 fully saturated rings. The van der Waals surface area contributed by atoms with Gasteiger partial charge in [0.1, 0.15) is 0 Å². The Labute approximate surface area is 118 Å². The molecule has 0 aromatic rings. The molecule has 2 aliphatic rings. The van der Waals surface area contributed by atoms with E-state index in [9.17, 15) is 0 Å².